The molecule has 0 unspecified atom stereocenters. The first kappa shape index (κ1) is 12.8. The predicted molar refractivity (Wildman–Crippen MR) is 69.8 cm³/mol. The van der Waals surface area contributed by atoms with Crippen LogP contribution in [0.4, 0.5) is 5.82 Å². The van der Waals surface area contributed by atoms with E-state index in [1.54, 1.807) is 12.4 Å². The number of halogens is 1. The van der Waals surface area contributed by atoms with Crippen LogP contribution < -0.4 is 11.3 Å². The Balaban J connectivity index is 1.82. The predicted octanol–water partition coefficient (Wildman–Crippen LogP) is 2.13. The topological polar surface area (TPSA) is 73.1 Å². The van der Waals surface area contributed by atoms with E-state index in [1.165, 1.54) is 0 Å². The minimum absolute atomic E-state index is 0.403. The number of nitrogens with zero attached hydrogens (tertiary/aromatic N) is 2. The van der Waals surface area contributed by atoms with Gasteiger partial charge in [-0.1, -0.05) is 23.7 Å². The van der Waals surface area contributed by atoms with E-state index in [0.29, 0.717) is 19.0 Å². The van der Waals surface area contributed by atoms with E-state index in [1.807, 2.05) is 24.3 Å². The molecule has 0 aliphatic heterocycles. The molecular formula is C12H13ClN4O. The van der Waals surface area contributed by atoms with Crippen LogP contribution in [0, 0.1) is 0 Å². The summed E-state index contributed by atoms with van der Waals surface area (Å²) in [6, 6.07) is 7.52. The third-order valence-corrected chi connectivity index (χ3v) is 2.54. The van der Waals surface area contributed by atoms with E-state index in [-0.39, 0.29) is 0 Å². The molecule has 1 aromatic carbocycles. The molecule has 2 rings (SSSR count). The van der Waals surface area contributed by atoms with Crippen LogP contribution in [0.25, 0.3) is 0 Å². The van der Waals surface area contributed by atoms with Crippen LogP contribution in [0.1, 0.15) is 11.3 Å². The van der Waals surface area contributed by atoms with E-state index in [4.69, 9.17) is 22.2 Å². The van der Waals surface area contributed by atoms with Crippen molar-refractivity contribution in [2.45, 2.75) is 13.2 Å². The minimum atomic E-state index is 0.403. The zero-order valence-electron chi connectivity index (χ0n) is 9.64. The van der Waals surface area contributed by atoms with Crippen LogP contribution in [0.2, 0.25) is 5.02 Å². The first-order chi connectivity index (χ1) is 8.78. The molecule has 0 radical (unpaired) electrons. The molecule has 0 saturated carbocycles. The lowest BCUT2D eigenvalue weighted by Crippen LogP contribution is -2.09. The molecule has 18 heavy (non-hydrogen) atoms. The number of hydrogen-bond acceptors (Lipinski definition) is 5. The van der Waals surface area contributed by atoms with Crippen molar-refractivity contribution in [1.29, 1.82) is 0 Å². The van der Waals surface area contributed by atoms with Crippen molar-refractivity contribution in [3.63, 3.8) is 0 Å². The standard InChI is InChI=1S/C12H13ClN4O/c13-10-3-1-9(2-4-10)7-18-8-11-5-16-12(17-14)6-15-11/h1-6H,7-8,14H2,(H,16,17). The van der Waals surface area contributed by atoms with Crippen molar-refractivity contribution in [3.05, 3.63) is 52.9 Å². The van der Waals surface area contributed by atoms with Gasteiger partial charge >= 0.3 is 0 Å². The number of anilines is 1. The van der Waals surface area contributed by atoms with Gasteiger partial charge < -0.3 is 10.2 Å². The second kappa shape index (κ2) is 6.30. The Bertz CT molecular complexity index is 486. The monoisotopic (exact) mass is 264 g/mol. The molecule has 1 heterocycles. The van der Waals surface area contributed by atoms with Crippen molar-refractivity contribution in [3.8, 4) is 0 Å². The van der Waals surface area contributed by atoms with E-state index in [2.05, 4.69) is 15.4 Å². The number of nitrogens with one attached hydrogen (secondary N) is 1. The molecule has 0 spiro atoms. The molecule has 0 aliphatic rings. The summed E-state index contributed by atoms with van der Waals surface area (Å²) >= 11 is 5.79. The Kier molecular flexibility index (Phi) is 4.46. The second-order valence-corrected chi connectivity index (χ2v) is 4.09. The molecule has 0 fully saturated rings. The fraction of sp³-hybridized carbons (Fsp3) is 0.167. The number of ether oxygens (including phenoxy) is 1. The molecule has 3 N–H and O–H groups in total. The molecule has 0 aliphatic carbocycles. The first-order valence-corrected chi connectivity index (χ1v) is 5.75. The van der Waals surface area contributed by atoms with Gasteiger partial charge in [-0.15, -0.1) is 0 Å². The van der Waals surface area contributed by atoms with Crippen LogP contribution >= 0.6 is 11.6 Å². The fourth-order valence-electron chi connectivity index (χ4n) is 1.36. The van der Waals surface area contributed by atoms with Crippen molar-refractivity contribution in [2.75, 3.05) is 5.43 Å². The summed E-state index contributed by atoms with van der Waals surface area (Å²) in [6.07, 6.45) is 3.18. The van der Waals surface area contributed by atoms with Gasteiger partial charge in [0.15, 0.2) is 5.82 Å². The van der Waals surface area contributed by atoms with E-state index < -0.39 is 0 Å². The Labute approximate surface area is 110 Å². The van der Waals surface area contributed by atoms with Gasteiger partial charge in [-0.2, -0.15) is 0 Å². The highest BCUT2D eigenvalue weighted by molar-refractivity contribution is 6.30. The molecule has 0 amide bonds. The SMILES string of the molecule is NNc1cnc(COCc2ccc(Cl)cc2)cn1. The van der Waals surface area contributed by atoms with Crippen molar-refractivity contribution >= 4 is 17.4 Å². The van der Waals surface area contributed by atoms with E-state index in [0.717, 1.165) is 16.3 Å². The Morgan fingerprint density at radius 3 is 2.50 bits per heavy atom. The van der Waals surface area contributed by atoms with Crippen molar-refractivity contribution in [1.82, 2.24) is 9.97 Å². The molecule has 6 heteroatoms. The van der Waals surface area contributed by atoms with Gasteiger partial charge in [0.25, 0.3) is 0 Å². The van der Waals surface area contributed by atoms with Crippen LogP contribution in [0.3, 0.4) is 0 Å². The molecule has 0 saturated heterocycles. The van der Waals surface area contributed by atoms with Gasteiger partial charge in [0.2, 0.25) is 0 Å². The summed E-state index contributed by atoms with van der Waals surface area (Å²) in [5, 5.41) is 0.717. The Hall–Kier alpha value is -1.69. The molecule has 94 valence electrons. The average Bonchev–Trinajstić information content (AvgIpc) is 2.42. The van der Waals surface area contributed by atoms with Gasteiger partial charge in [0.05, 0.1) is 31.3 Å². The number of hydrogen-bond donors (Lipinski definition) is 2. The maximum Gasteiger partial charge on any atom is 0.158 e. The summed E-state index contributed by atoms with van der Waals surface area (Å²) in [5.74, 6) is 5.72. The fourth-order valence-corrected chi connectivity index (χ4v) is 1.48. The number of benzene rings is 1. The van der Waals surface area contributed by atoms with Gasteiger partial charge in [-0.25, -0.2) is 10.8 Å². The van der Waals surface area contributed by atoms with Gasteiger partial charge in [0, 0.05) is 5.02 Å². The number of hydrazine groups is 1. The maximum atomic E-state index is 5.79. The quantitative estimate of drug-likeness (QED) is 0.639. The smallest absolute Gasteiger partial charge is 0.158 e. The summed E-state index contributed by atoms with van der Waals surface area (Å²) in [5.41, 5.74) is 4.23. The van der Waals surface area contributed by atoms with Crippen LogP contribution in [0.5, 0.6) is 0 Å². The number of nitrogen functional groups attached to an aromatic ring is 1. The number of rotatable bonds is 5. The largest absolute Gasteiger partial charge is 0.370 e. The highest BCUT2D eigenvalue weighted by atomic mass is 35.5. The van der Waals surface area contributed by atoms with Crippen LogP contribution in [0.15, 0.2) is 36.7 Å². The average molecular weight is 265 g/mol. The lowest BCUT2D eigenvalue weighted by atomic mass is 10.2. The Morgan fingerprint density at radius 1 is 1.11 bits per heavy atom. The summed E-state index contributed by atoms with van der Waals surface area (Å²) in [7, 11) is 0. The molecular weight excluding hydrogens is 252 g/mol. The normalized spacial score (nSPS) is 10.3. The molecule has 0 bridgehead atoms. The van der Waals surface area contributed by atoms with Crippen molar-refractivity contribution in [2.24, 2.45) is 5.84 Å². The highest BCUT2D eigenvalue weighted by Crippen LogP contribution is 2.11. The van der Waals surface area contributed by atoms with Gasteiger partial charge in [-0.05, 0) is 17.7 Å². The highest BCUT2D eigenvalue weighted by Gasteiger charge is 1.98. The third kappa shape index (κ3) is 3.66. The van der Waals surface area contributed by atoms with Crippen LogP contribution in [-0.4, -0.2) is 9.97 Å². The lowest BCUT2D eigenvalue weighted by Gasteiger charge is -2.04. The van der Waals surface area contributed by atoms with E-state index in [9.17, 15) is 0 Å². The summed E-state index contributed by atoms with van der Waals surface area (Å²) < 4.78 is 5.52. The molecule has 5 nitrogen and oxygen atoms in total. The molecule has 0 atom stereocenters. The number of aromatic nitrogens is 2. The Morgan fingerprint density at radius 2 is 1.89 bits per heavy atom. The number of nitrogens with two attached hydrogens (primary N) is 1. The zero-order valence-corrected chi connectivity index (χ0v) is 10.4. The van der Waals surface area contributed by atoms with Gasteiger partial charge in [-0.3, -0.25) is 4.98 Å². The lowest BCUT2D eigenvalue weighted by molar-refractivity contribution is 0.104. The van der Waals surface area contributed by atoms with Crippen molar-refractivity contribution < 1.29 is 4.74 Å². The minimum Gasteiger partial charge on any atom is -0.370 e. The second-order valence-electron chi connectivity index (χ2n) is 3.66. The maximum absolute atomic E-state index is 5.79. The van der Waals surface area contributed by atoms with Crippen LogP contribution in [-0.2, 0) is 18.0 Å². The summed E-state index contributed by atoms with van der Waals surface area (Å²) in [4.78, 5) is 8.18. The van der Waals surface area contributed by atoms with E-state index >= 15 is 0 Å². The first-order valence-electron chi connectivity index (χ1n) is 5.37. The molecule has 2 aromatic rings. The van der Waals surface area contributed by atoms with Gasteiger partial charge in [0.1, 0.15) is 0 Å². The zero-order chi connectivity index (χ0) is 12.8. The molecule has 1 aromatic heterocycles. The summed E-state index contributed by atoms with van der Waals surface area (Å²) in [6.45, 7) is 0.913. The third-order valence-electron chi connectivity index (χ3n) is 2.29.